The highest BCUT2D eigenvalue weighted by Crippen LogP contribution is 2.14. The Kier molecular flexibility index (Phi) is 3.57. The Morgan fingerprint density at radius 2 is 2.06 bits per heavy atom. The molecule has 16 heavy (non-hydrogen) atoms. The van der Waals surface area contributed by atoms with Gasteiger partial charge in [0.2, 0.25) is 0 Å². The van der Waals surface area contributed by atoms with Gasteiger partial charge in [-0.1, -0.05) is 18.2 Å². The van der Waals surface area contributed by atoms with Gasteiger partial charge in [-0.2, -0.15) is 0 Å². The van der Waals surface area contributed by atoms with Crippen molar-refractivity contribution in [3.8, 4) is 0 Å². The van der Waals surface area contributed by atoms with Crippen LogP contribution in [0.5, 0.6) is 0 Å². The third-order valence-corrected chi connectivity index (χ3v) is 3.49. The lowest BCUT2D eigenvalue weighted by atomic mass is 10.2. The number of benzene rings is 1. The Morgan fingerprint density at radius 1 is 1.25 bits per heavy atom. The van der Waals surface area contributed by atoms with E-state index < -0.39 is 0 Å². The van der Waals surface area contributed by atoms with Crippen LogP contribution in [0.3, 0.4) is 0 Å². The molecule has 0 unspecified atom stereocenters. The Bertz CT molecular complexity index is 462. The fourth-order valence-electron chi connectivity index (χ4n) is 1.59. The second-order valence-electron chi connectivity index (χ2n) is 3.87. The number of hydrogen-bond donors (Lipinski definition) is 1. The van der Waals surface area contributed by atoms with Crippen LogP contribution in [0.25, 0.3) is 0 Å². The molecule has 84 valence electrons. The van der Waals surface area contributed by atoms with E-state index in [-0.39, 0.29) is 0 Å². The molecule has 0 aliphatic carbocycles. The van der Waals surface area contributed by atoms with Crippen LogP contribution in [0.2, 0.25) is 0 Å². The number of rotatable bonds is 4. The van der Waals surface area contributed by atoms with Gasteiger partial charge in [-0.05, 0) is 25.5 Å². The number of para-hydroxylation sites is 1. The minimum atomic E-state index is 0.942. The zero-order valence-corrected chi connectivity index (χ0v) is 10.5. The normalized spacial score (nSPS) is 10.4. The molecule has 0 saturated carbocycles. The van der Waals surface area contributed by atoms with Gasteiger partial charge in [-0.15, -0.1) is 11.3 Å². The predicted octanol–water partition coefficient (Wildman–Crippen LogP) is 3.41. The Labute approximate surface area is 100 Å². The molecule has 1 aromatic carbocycles. The Morgan fingerprint density at radius 3 is 2.75 bits per heavy atom. The van der Waals surface area contributed by atoms with E-state index >= 15 is 0 Å². The molecule has 0 atom stereocenters. The monoisotopic (exact) mass is 232 g/mol. The van der Waals surface area contributed by atoms with E-state index in [2.05, 4.69) is 46.9 Å². The maximum absolute atomic E-state index is 4.44. The van der Waals surface area contributed by atoms with Gasteiger partial charge in [0.15, 0.2) is 0 Å². The van der Waals surface area contributed by atoms with E-state index in [1.54, 1.807) is 11.3 Å². The molecule has 3 heteroatoms. The maximum atomic E-state index is 4.44. The van der Waals surface area contributed by atoms with Crippen molar-refractivity contribution in [1.29, 1.82) is 0 Å². The van der Waals surface area contributed by atoms with Gasteiger partial charge in [0.25, 0.3) is 0 Å². The van der Waals surface area contributed by atoms with Crippen molar-refractivity contribution in [2.75, 3.05) is 11.9 Å². The van der Waals surface area contributed by atoms with Crippen LogP contribution in [-0.4, -0.2) is 11.5 Å². The van der Waals surface area contributed by atoms with Crippen molar-refractivity contribution in [1.82, 2.24) is 4.98 Å². The van der Waals surface area contributed by atoms with E-state index in [0.29, 0.717) is 0 Å². The first-order valence-electron chi connectivity index (χ1n) is 5.46. The summed E-state index contributed by atoms with van der Waals surface area (Å²) in [5.74, 6) is 0. The molecular weight excluding hydrogens is 216 g/mol. The summed E-state index contributed by atoms with van der Waals surface area (Å²) in [6.07, 6.45) is 0.993. The molecule has 0 fully saturated rings. The molecule has 2 nitrogen and oxygen atoms in total. The molecule has 0 bridgehead atoms. The molecule has 1 heterocycles. The van der Waals surface area contributed by atoms with E-state index in [1.165, 1.54) is 16.3 Å². The van der Waals surface area contributed by atoms with Gasteiger partial charge in [-0.25, -0.2) is 4.98 Å². The molecule has 0 aliphatic heterocycles. The van der Waals surface area contributed by atoms with Gasteiger partial charge in [0, 0.05) is 29.7 Å². The topological polar surface area (TPSA) is 24.9 Å². The summed E-state index contributed by atoms with van der Waals surface area (Å²) in [4.78, 5) is 4.44. The quantitative estimate of drug-likeness (QED) is 0.873. The van der Waals surface area contributed by atoms with Crippen molar-refractivity contribution in [3.63, 3.8) is 0 Å². The summed E-state index contributed by atoms with van der Waals surface area (Å²) in [6, 6.07) is 8.35. The summed E-state index contributed by atoms with van der Waals surface area (Å²) in [5, 5.41) is 6.74. The molecule has 0 saturated heterocycles. The maximum Gasteiger partial charge on any atom is 0.0945 e. The Hall–Kier alpha value is -1.35. The third kappa shape index (κ3) is 2.83. The number of aromatic nitrogens is 1. The highest BCUT2D eigenvalue weighted by Gasteiger charge is 1.99. The SMILES string of the molecule is Cc1csc(CCNc2ccccc2C)n1. The summed E-state index contributed by atoms with van der Waals surface area (Å²) < 4.78 is 0. The number of aryl methyl sites for hydroxylation is 2. The minimum Gasteiger partial charge on any atom is -0.384 e. The summed E-state index contributed by atoms with van der Waals surface area (Å²) >= 11 is 1.74. The van der Waals surface area contributed by atoms with Crippen molar-refractivity contribution in [2.24, 2.45) is 0 Å². The second-order valence-corrected chi connectivity index (χ2v) is 4.82. The molecule has 0 amide bonds. The lowest BCUT2D eigenvalue weighted by Crippen LogP contribution is -2.05. The average molecular weight is 232 g/mol. The van der Waals surface area contributed by atoms with E-state index in [4.69, 9.17) is 0 Å². The van der Waals surface area contributed by atoms with Crippen molar-refractivity contribution < 1.29 is 0 Å². The first kappa shape index (κ1) is 11.1. The van der Waals surface area contributed by atoms with Crippen LogP contribution in [-0.2, 0) is 6.42 Å². The molecule has 0 aliphatic rings. The minimum absolute atomic E-state index is 0.942. The molecule has 0 spiro atoms. The molecule has 2 aromatic rings. The number of nitrogens with zero attached hydrogens (tertiary/aromatic N) is 1. The zero-order valence-electron chi connectivity index (χ0n) is 9.66. The van der Waals surface area contributed by atoms with Gasteiger partial charge in [-0.3, -0.25) is 0 Å². The smallest absolute Gasteiger partial charge is 0.0945 e. The van der Waals surface area contributed by atoms with Crippen LogP contribution in [0.15, 0.2) is 29.6 Å². The number of thiazole rings is 1. The van der Waals surface area contributed by atoms with Crippen molar-refractivity contribution in [3.05, 3.63) is 45.9 Å². The first-order valence-corrected chi connectivity index (χ1v) is 6.34. The predicted molar refractivity (Wildman–Crippen MR) is 70.2 cm³/mol. The molecule has 1 aromatic heterocycles. The third-order valence-electron chi connectivity index (χ3n) is 2.47. The van der Waals surface area contributed by atoms with Gasteiger partial charge < -0.3 is 5.32 Å². The molecular formula is C13H16N2S. The van der Waals surface area contributed by atoms with Crippen LogP contribution in [0.4, 0.5) is 5.69 Å². The number of anilines is 1. The van der Waals surface area contributed by atoms with E-state index in [1.807, 2.05) is 6.92 Å². The summed E-state index contributed by atoms with van der Waals surface area (Å²) in [6.45, 7) is 5.10. The summed E-state index contributed by atoms with van der Waals surface area (Å²) in [5.41, 5.74) is 3.63. The highest BCUT2D eigenvalue weighted by molar-refractivity contribution is 7.09. The molecule has 1 N–H and O–H groups in total. The van der Waals surface area contributed by atoms with Gasteiger partial charge >= 0.3 is 0 Å². The molecule has 0 radical (unpaired) electrons. The van der Waals surface area contributed by atoms with Crippen LogP contribution < -0.4 is 5.32 Å². The zero-order chi connectivity index (χ0) is 11.4. The summed E-state index contributed by atoms with van der Waals surface area (Å²) in [7, 11) is 0. The Balaban J connectivity index is 1.87. The van der Waals surface area contributed by atoms with Crippen LogP contribution >= 0.6 is 11.3 Å². The fourth-order valence-corrected chi connectivity index (χ4v) is 2.37. The lowest BCUT2D eigenvalue weighted by Gasteiger charge is -2.07. The lowest BCUT2D eigenvalue weighted by molar-refractivity contribution is 0.985. The number of nitrogens with one attached hydrogen (secondary N) is 1. The average Bonchev–Trinajstić information content (AvgIpc) is 2.67. The number of hydrogen-bond acceptors (Lipinski definition) is 3. The van der Waals surface area contributed by atoms with Crippen LogP contribution in [0.1, 0.15) is 16.3 Å². The van der Waals surface area contributed by atoms with E-state index in [9.17, 15) is 0 Å². The standard InChI is InChI=1S/C13H16N2S/c1-10-5-3-4-6-12(10)14-8-7-13-15-11(2)9-16-13/h3-6,9,14H,7-8H2,1-2H3. The van der Waals surface area contributed by atoms with E-state index in [0.717, 1.165) is 18.7 Å². The van der Waals surface area contributed by atoms with Crippen molar-refractivity contribution in [2.45, 2.75) is 20.3 Å². The largest absolute Gasteiger partial charge is 0.384 e. The highest BCUT2D eigenvalue weighted by atomic mass is 32.1. The van der Waals surface area contributed by atoms with Crippen molar-refractivity contribution >= 4 is 17.0 Å². The van der Waals surface area contributed by atoms with Gasteiger partial charge in [0.1, 0.15) is 0 Å². The van der Waals surface area contributed by atoms with Crippen LogP contribution in [0, 0.1) is 13.8 Å². The first-order chi connectivity index (χ1) is 7.75. The fraction of sp³-hybridized carbons (Fsp3) is 0.308. The van der Waals surface area contributed by atoms with Gasteiger partial charge in [0.05, 0.1) is 5.01 Å². The second kappa shape index (κ2) is 5.12. The molecule has 2 rings (SSSR count).